The summed E-state index contributed by atoms with van der Waals surface area (Å²) in [6, 6.07) is 0.335. The van der Waals surface area contributed by atoms with Crippen LogP contribution in [0.2, 0.25) is 0 Å². The highest BCUT2D eigenvalue weighted by Gasteiger charge is 2.61. The molecule has 0 bridgehead atoms. The molecular formula is C31H42N6O5. The summed E-state index contributed by atoms with van der Waals surface area (Å²) in [4.78, 5) is 12.5. The normalized spacial score (nSPS) is 30.3. The third-order valence-electron chi connectivity index (χ3n) is 10.6. The Morgan fingerprint density at radius 3 is 2.64 bits per heavy atom. The highest BCUT2D eigenvalue weighted by molar-refractivity contribution is 5.82. The Labute approximate surface area is 246 Å². The Bertz CT molecular complexity index is 1440. The van der Waals surface area contributed by atoms with Gasteiger partial charge in [0.2, 0.25) is 17.5 Å². The van der Waals surface area contributed by atoms with Crippen LogP contribution in [0.15, 0.2) is 10.7 Å². The highest BCUT2D eigenvalue weighted by atomic mass is 16.7. The fraction of sp³-hybridized carbons (Fsp3) is 0.742. The van der Waals surface area contributed by atoms with E-state index >= 15 is 0 Å². The molecule has 3 aromatic rings. The maximum Gasteiger partial charge on any atom is 0.228 e. The SMILES string of the molecule is C[C@H](Oc1nc(-c2onc3c2CCC[C@@]32CCCCC23OCCO3)nc2c1cnn2C1CCCCO1)[C@@H]1CCCN1C. The van der Waals surface area contributed by atoms with Gasteiger partial charge in [-0.2, -0.15) is 10.1 Å². The Hall–Kier alpha value is -2.60. The summed E-state index contributed by atoms with van der Waals surface area (Å²) in [6.07, 6.45) is 13.9. The number of ether oxygens (including phenoxy) is 4. The summed E-state index contributed by atoms with van der Waals surface area (Å²) in [6.45, 7) is 5.20. The van der Waals surface area contributed by atoms with Crippen molar-refractivity contribution in [2.45, 2.75) is 114 Å². The number of aromatic nitrogens is 5. The van der Waals surface area contributed by atoms with E-state index in [-0.39, 0.29) is 17.7 Å². The molecule has 11 heteroatoms. The molecule has 8 rings (SSSR count). The van der Waals surface area contributed by atoms with Gasteiger partial charge >= 0.3 is 0 Å². The molecule has 3 saturated heterocycles. The van der Waals surface area contributed by atoms with Crippen molar-refractivity contribution in [3.8, 4) is 17.5 Å². The lowest BCUT2D eigenvalue weighted by atomic mass is 9.61. The van der Waals surface area contributed by atoms with Crippen LogP contribution in [0.5, 0.6) is 5.88 Å². The smallest absolute Gasteiger partial charge is 0.228 e. The first kappa shape index (κ1) is 27.0. The van der Waals surface area contributed by atoms with Crippen LogP contribution in [0.4, 0.5) is 0 Å². The minimum Gasteiger partial charge on any atom is -0.472 e. The first-order chi connectivity index (χ1) is 20.6. The molecule has 5 aliphatic rings. The third-order valence-corrected chi connectivity index (χ3v) is 10.6. The highest BCUT2D eigenvalue weighted by Crippen LogP contribution is 2.57. The summed E-state index contributed by atoms with van der Waals surface area (Å²) in [7, 11) is 2.17. The van der Waals surface area contributed by atoms with E-state index in [2.05, 4.69) is 18.9 Å². The number of fused-ring (bicyclic) bond motifs is 4. The van der Waals surface area contributed by atoms with Crippen LogP contribution < -0.4 is 4.74 Å². The van der Waals surface area contributed by atoms with E-state index in [1.165, 1.54) is 6.42 Å². The second kappa shape index (κ2) is 10.5. The summed E-state index contributed by atoms with van der Waals surface area (Å²) in [5.74, 6) is 1.04. The Kier molecular flexibility index (Phi) is 6.77. The van der Waals surface area contributed by atoms with E-state index in [4.69, 9.17) is 43.7 Å². The predicted octanol–water partition coefficient (Wildman–Crippen LogP) is 4.93. The minimum atomic E-state index is -0.618. The average molecular weight is 579 g/mol. The number of nitrogens with zero attached hydrogens (tertiary/aromatic N) is 6. The lowest BCUT2D eigenvalue weighted by molar-refractivity contribution is -0.231. The van der Waals surface area contributed by atoms with Gasteiger partial charge in [-0.3, -0.25) is 4.90 Å². The Balaban J connectivity index is 1.23. The van der Waals surface area contributed by atoms with Gasteiger partial charge in [-0.25, -0.2) is 9.67 Å². The molecule has 0 aromatic carbocycles. The van der Waals surface area contributed by atoms with Crippen LogP contribution in [-0.2, 0) is 26.0 Å². The van der Waals surface area contributed by atoms with E-state index in [0.29, 0.717) is 42.4 Å². The Morgan fingerprint density at radius 1 is 0.976 bits per heavy atom. The zero-order chi connectivity index (χ0) is 28.3. The van der Waals surface area contributed by atoms with E-state index in [0.717, 1.165) is 100 Å². The summed E-state index contributed by atoms with van der Waals surface area (Å²) >= 11 is 0. The van der Waals surface area contributed by atoms with Gasteiger partial charge in [0.1, 0.15) is 11.5 Å². The predicted molar refractivity (Wildman–Crippen MR) is 153 cm³/mol. The Morgan fingerprint density at radius 2 is 1.83 bits per heavy atom. The maximum atomic E-state index is 6.66. The molecule has 1 unspecified atom stereocenters. The summed E-state index contributed by atoms with van der Waals surface area (Å²) in [5.41, 5.74) is 2.46. The number of hydrogen-bond acceptors (Lipinski definition) is 10. The molecule has 0 N–H and O–H groups in total. The van der Waals surface area contributed by atoms with Gasteiger partial charge in [-0.1, -0.05) is 11.6 Å². The van der Waals surface area contributed by atoms with Gasteiger partial charge < -0.3 is 23.5 Å². The zero-order valence-corrected chi connectivity index (χ0v) is 24.8. The molecule has 6 heterocycles. The van der Waals surface area contributed by atoms with Gasteiger partial charge in [0.25, 0.3) is 0 Å². The van der Waals surface area contributed by atoms with Crippen molar-refractivity contribution in [1.29, 1.82) is 0 Å². The van der Waals surface area contributed by atoms with Gasteiger partial charge in [-0.05, 0) is 84.7 Å². The summed E-state index contributed by atoms with van der Waals surface area (Å²) < 4.78 is 33.7. The minimum absolute atomic E-state index is 0.0385. The van der Waals surface area contributed by atoms with Crippen molar-refractivity contribution in [3.63, 3.8) is 0 Å². The lowest BCUT2D eigenvalue weighted by Gasteiger charge is -2.50. The maximum absolute atomic E-state index is 6.66. The van der Waals surface area contributed by atoms with Crippen LogP contribution in [0.25, 0.3) is 22.6 Å². The second-order valence-corrected chi connectivity index (χ2v) is 12.9. The van der Waals surface area contributed by atoms with Gasteiger partial charge in [0.15, 0.2) is 17.7 Å². The number of likely N-dealkylation sites (tertiary alicyclic amines) is 1. The van der Waals surface area contributed by atoms with Crippen molar-refractivity contribution < 1.29 is 23.5 Å². The van der Waals surface area contributed by atoms with Crippen LogP contribution >= 0.6 is 0 Å². The van der Waals surface area contributed by atoms with E-state index in [1.54, 1.807) is 0 Å². The molecule has 226 valence electrons. The van der Waals surface area contributed by atoms with Gasteiger partial charge in [0, 0.05) is 24.6 Å². The van der Waals surface area contributed by atoms with Crippen molar-refractivity contribution in [2.75, 3.05) is 33.4 Å². The molecule has 0 radical (unpaired) electrons. The molecule has 3 aliphatic heterocycles. The van der Waals surface area contributed by atoms with Crippen LogP contribution in [0.3, 0.4) is 0 Å². The fourth-order valence-electron chi connectivity index (χ4n) is 8.48. The first-order valence-corrected chi connectivity index (χ1v) is 16.1. The molecule has 11 nitrogen and oxygen atoms in total. The second-order valence-electron chi connectivity index (χ2n) is 12.9. The van der Waals surface area contributed by atoms with Crippen molar-refractivity contribution in [2.24, 2.45) is 0 Å². The average Bonchev–Trinajstić information content (AvgIpc) is 3.82. The van der Waals surface area contributed by atoms with Crippen LogP contribution in [0.1, 0.15) is 95.0 Å². The summed E-state index contributed by atoms with van der Waals surface area (Å²) in [5, 5.41) is 10.3. The topological polar surface area (TPSA) is 110 Å². The largest absolute Gasteiger partial charge is 0.472 e. The van der Waals surface area contributed by atoms with Crippen molar-refractivity contribution in [3.05, 3.63) is 17.5 Å². The monoisotopic (exact) mass is 578 g/mol. The van der Waals surface area contributed by atoms with Gasteiger partial charge in [0.05, 0.1) is 30.5 Å². The molecule has 4 fully saturated rings. The van der Waals surface area contributed by atoms with Crippen molar-refractivity contribution >= 4 is 11.0 Å². The molecule has 3 aromatic heterocycles. The lowest BCUT2D eigenvalue weighted by Crippen LogP contribution is -2.56. The van der Waals surface area contributed by atoms with E-state index in [9.17, 15) is 0 Å². The molecule has 2 spiro atoms. The van der Waals surface area contributed by atoms with Gasteiger partial charge in [-0.15, -0.1) is 0 Å². The molecule has 42 heavy (non-hydrogen) atoms. The van der Waals surface area contributed by atoms with Crippen LogP contribution in [-0.4, -0.2) is 81.2 Å². The van der Waals surface area contributed by atoms with Crippen molar-refractivity contribution in [1.82, 2.24) is 29.8 Å². The standard InChI is InChI=1S/C31H42N6O5/c1-20(23-10-8-15-36(23)2)41-29-22-19-32-37(24-11-3-6-16-38-24)28(22)33-27(34-29)25-21-9-7-13-30(26(21)35-42-25)12-4-5-14-31(30)39-17-18-40-31/h19-20,23-24H,3-18H2,1-2H3/t20-,23-,24?,30-/m0/s1. The quantitative estimate of drug-likeness (QED) is 0.413. The third kappa shape index (κ3) is 4.14. The number of likely N-dealkylation sites (N-methyl/N-ethyl adjacent to an activating group) is 1. The first-order valence-electron chi connectivity index (χ1n) is 16.1. The number of hydrogen-bond donors (Lipinski definition) is 0. The fourth-order valence-corrected chi connectivity index (χ4v) is 8.48. The molecule has 2 aliphatic carbocycles. The molecule has 1 saturated carbocycles. The molecule has 4 atom stereocenters. The molecule has 0 amide bonds. The number of rotatable bonds is 5. The van der Waals surface area contributed by atoms with Crippen LogP contribution in [0, 0.1) is 0 Å². The zero-order valence-electron chi connectivity index (χ0n) is 24.8. The molecular weight excluding hydrogens is 536 g/mol. The van der Waals surface area contributed by atoms with E-state index in [1.807, 2.05) is 10.9 Å². The van der Waals surface area contributed by atoms with E-state index < -0.39 is 5.79 Å².